The Labute approximate surface area is 152 Å². The van der Waals surface area contributed by atoms with Gasteiger partial charge in [-0.15, -0.1) is 0 Å². The molecule has 4 bridgehead atoms. The molecule has 0 heterocycles. The van der Waals surface area contributed by atoms with E-state index in [-0.39, 0.29) is 18.5 Å². The third kappa shape index (κ3) is 3.92. The summed E-state index contributed by atoms with van der Waals surface area (Å²) in [6.07, 6.45) is 9.91. The Morgan fingerprint density at radius 2 is 1.24 bits per heavy atom. The standard InChI is InChI=1S/C21H36O4/c1-2-21(24-5-3-15-7-13-9-17(15)19(22)11-13)25-6-4-16-8-14-10-18(16)20(23)12-14/h13-23H,2-12H2,1H3. The number of aliphatic hydroxyl groups excluding tert-OH is 2. The molecule has 0 aromatic carbocycles. The minimum absolute atomic E-state index is 0.0564. The van der Waals surface area contributed by atoms with Gasteiger partial charge in [0.25, 0.3) is 0 Å². The molecule has 0 amide bonds. The number of ether oxygens (including phenoxy) is 2. The number of rotatable bonds is 9. The average molecular weight is 353 g/mol. The topological polar surface area (TPSA) is 58.9 Å². The van der Waals surface area contributed by atoms with Gasteiger partial charge >= 0.3 is 0 Å². The second-order valence-corrected chi connectivity index (χ2v) is 9.29. The average Bonchev–Trinajstić information content (AvgIpc) is 3.33. The van der Waals surface area contributed by atoms with Crippen molar-refractivity contribution in [2.45, 2.75) is 83.2 Å². The van der Waals surface area contributed by atoms with Gasteiger partial charge in [0.1, 0.15) is 0 Å². The molecule has 4 fully saturated rings. The summed E-state index contributed by atoms with van der Waals surface area (Å²) < 4.78 is 12.0. The van der Waals surface area contributed by atoms with Crippen LogP contribution in [0.3, 0.4) is 0 Å². The van der Waals surface area contributed by atoms with Gasteiger partial charge in [-0.1, -0.05) is 6.92 Å². The fraction of sp³-hybridized carbons (Fsp3) is 1.00. The van der Waals surface area contributed by atoms with E-state index in [1.54, 1.807) is 0 Å². The third-order valence-electron chi connectivity index (χ3n) is 7.75. The first kappa shape index (κ1) is 18.2. The van der Waals surface area contributed by atoms with E-state index in [9.17, 15) is 10.2 Å². The molecular weight excluding hydrogens is 316 g/mol. The van der Waals surface area contributed by atoms with Crippen molar-refractivity contribution in [1.29, 1.82) is 0 Å². The molecule has 0 saturated heterocycles. The molecule has 0 spiro atoms. The lowest BCUT2D eigenvalue weighted by atomic mass is 9.85. The summed E-state index contributed by atoms with van der Waals surface area (Å²) in [7, 11) is 0. The van der Waals surface area contributed by atoms with Gasteiger partial charge in [-0.2, -0.15) is 0 Å². The van der Waals surface area contributed by atoms with Crippen LogP contribution in [-0.4, -0.2) is 41.9 Å². The van der Waals surface area contributed by atoms with Crippen molar-refractivity contribution in [2.75, 3.05) is 13.2 Å². The molecule has 4 saturated carbocycles. The molecule has 4 heteroatoms. The van der Waals surface area contributed by atoms with Crippen molar-refractivity contribution >= 4 is 0 Å². The van der Waals surface area contributed by atoms with Gasteiger partial charge in [0.2, 0.25) is 0 Å². The fourth-order valence-corrected chi connectivity index (χ4v) is 6.56. The van der Waals surface area contributed by atoms with Gasteiger partial charge in [0.15, 0.2) is 6.29 Å². The minimum Gasteiger partial charge on any atom is -0.393 e. The lowest BCUT2D eigenvalue weighted by Crippen LogP contribution is -2.27. The van der Waals surface area contributed by atoms with E-state index in [0.717, 1.165) is 57.2 Å². The first-order valence-corrected chi connectivity index (χ1v) is 10.7. The largest absolute Gasteiger partial charge is 0.393 e. The van der Waals surface area contributed by atoms with Gasteiger partial charge in [0, 0.05) is 0 Å². The van der Waals surface area contributed by atoms with Crippen LogP contribution in [0.4, 0.5) is 0 Å². The normalized spacial score (nSPS) is 46.2. The predicted octanol–water partition coefficient (Wildman–Crippen LogP) is 3.35. The van der Waals surface area contributed by atoms with Crippen LogP contribution < -0.4 is 0 Å². The quantitative estimate of drug-likeness (QED) is 0.625. The molecule has 144 valence electrons. The van der Waals surface area contributed by atoms with Crippen LogP contribution in [0.5, 0.6) is 0 Å². The Morgan fingerprint density at radius 1 is 0.760 bits per heavy atom. The van der Waals surface area contributed by atoms with E-state index in [0.29, 0.717) is 23.7 Å². The Hall–Kier alpha value is -0.160. The molecule has 0 aliphatic heterocycles. The van der Waals surface area contributed by atoms with Crippen LogP contribution in [0.1, 0.15) is 64.7 Å². The molecule has 4 rings (SSSR count). The smallest absolute Gasteiger partial charge is 0.157 e. The molecule has 0 aromatic heterocycles. The summed E-state index contributed by atoms with van der Waals surface area (Å²) in [6.45, 7) is 3.63. The highest BCUT2D eigenvalue weighted by atomic mass is 16.7. The van der Waals surface area contributed by atoms with Crippen LogP contribution in [-0.2, 0) is 9.47 Å². The number of aliphatic hydroxyl groups is 2. The van der Waals surface area contributed by atoms with Gasteiger partial charge in [-0.3, -0.25) is 0 Å². The summed E-state index contributed by atoms with van der Waals surface area (Å²) in [5.41, 5.74) is 0. The third-order valence-corrected chi connectivity index (χ3v) is 7.75. The maximum absolute atomic E-state index is 10.0. The highest BCUT2D eigenvalue weighted by molar-refractivity contribution is 4.96. The summed E-state index contributed by atoms with van der Waals surface area (Å²) in [6, 6.07) is 0. The number of hydrogen-bond donors (Lipinski definition) is 2. The molecule has 4 nitrogen and oxygen atoms in total. The van der Waals surface area contributed by atoms with Gasteiger partial charge in [-0.05, 0) is 93.3 Å². The van der Waals surface area contributed by atoms with Crippen molar-refractivity contribution in [1.82, 2.24) is 0 Å². The maximum Gasteiger partial charge on any atom is 0.157 e. The molecule has 4 aliphatic carbocycles. The number of hydrogen-bond acceptors (Lipinski definition) is 4. The maximum atomic E-state index is 10.0. The summed E-state index contributed by atoms with van der Waals surface area (Å²) >= 11 is 0. The lowest BCUT2D eigenvalue weighted by molar-refractivity contribution is -0.150. The fourth-order valence-electron chi connectivity index (χ4n) is 6.56. The lowest BCUT2D eigenvalue weighted by Gasteiger charge is -2.28. The Morgan fingerprint density at radius 3 is 1.60 bits per heavy atom. The summed E-state index contributed by atoms with van der Waals surface area (Å²) in [5.74, 6) is 3.89. The highest BCUT2D eigenvalue weighted by Crippen LogP contribution is 2.50. The van der Waals surface area contributed by atoms with E-state index >= 15 is 0 Å². The molecular formula is C21H36O4. The van der Waals surface area contributed by atoms with E-state index in [4.69, 9.17) is 9.47 Å². The first-order valence-electron chi connectivity index (χ1n) is 10.7. The second-order valence-electron chi connectivity index (χ2n) is 9.29. The van der Waals surface area contributed by atoms with Crippen molar-refractivity contribution in [3.05, 3.63) is 0 Å². The predicted molar refractivity (Wildman–Crippen MR) is 95.9 cm³/mol. The summed E-state index contributed by atoms with van der Waals surface area (Å²) in [5, 5.41) is 20.1. The van der Waals surface area contributed by atoms with Crippen LogP contribution in [0.2, 0.25) is 0 Å². The monoisotopic (exact) mass is 352 g/mol. The zero-order valence-electron chi connectivity index (χ0n) is 15.7. The van der Waals surface area contributed by atoms with E-state index in [2.05, 4.69) is 6.92 Å². The molecule has 0 radical (unpaired) electrons. The van der Waals surface area contributed by atoms with Crippen LogP contribution in [0, 0.1) is 35.5 Å². The Balaban J connectivity index is 1.12. The van der Waals surface area contributed by atoms with Crippen LogP contribution >= 0.6 is 0 Å². The van der Waals surface area contributed by atoms with Crippen molar-refractivity contribution in [3.63, 3.8) is 0 Å². The zero-order chi connectivity index (χ0) is 17.4. The first-order chi connectivity index (χ1) is 12.1. The second kappa shape index (κ2) is 7.84. The molecule has 8 unspecified atom stereocenters. The van der Waals surface area contributed by atoms with Gasteiger partial charge in [-0.25, -0.2) is 0 Å². The van der Waals surface area contributed by atoms with Gasteiger partial charge in [0.05, 0.1) is 25.4 Å². The van der Waals surface area contributed by atoms with Gasteiger partial charge < -0.3 is 19.7 Å². The summed E-state index contributed by atoms with van der Waals surface area (Å²) in [4.78, 5) is 0. The highest BCUT2D eigenvalue weighted by Gasteiger charge is 2.46. The van der Waals surface area contributed by atoms with E-state index in [1.165, 1.54) is 25.7 Å². The van der Waals surface area contributed by atoms with Crippen molar-refractivity contribution in [3.8, 4) is 0 Å². The minimum atomic E-state index is -0.0907. The molecule has 0 aromatic rings. The molecule has 8 atom stereocenters. The molecule has 25 heavy (non-hydrogen) atoms. The Bertz CT molecular complexity index is 404. The van der Waals surface area contributed by atoms with Crippen molar-refractivity contribution < 1.29 is 19.7 Å². The van der Waals surface area contributed by atoms with E-state index < -0.39 is 0 Å². The van der Waals surface area contributed by atoms with Crippen LogP contribution in [0.15, 0.2) is 0 Å². The number of fused-ring (bicyclic) bond motifs is 4. The Kier molecular flexibility index (Phi) is 5.71. The van der Waals surface area contributed by atoms with E-state index in [1.807, 2.05) is 0 Å². The van der Waals surface area contributed by atoms with Crippen molar-refractivity contribution in [2.24, 2.45) is 35.5 Å². The molecule has 2 N–H and O–H groups in total. The molecule has 4 aliphatic rings. The zero-order valence-corrected chi connectivity index (χ0v) is 15.7. The van der Waals surface area contributed by atoms with Crippen LogP contribution in [0.25, 0.3) is 0 Å². The SMILES string of the molecule is CCC(OCCC1CC2CC(O)C1C2)OCCC1CC2CC(O)C1C2.